The second-order valence-electron chi connectivity index (χ2n) is 3.80. The Hall–Kier alpha value is -1.95. The lowest BCUT2D eigenvalue weighted by atomic mass is 10.4. The minimum absolute atomic E-state index is 0.235. The van der Waals surface area contributed by atoms with E-state index in [0.717, 1.165) is 16.3 Å². The van der Waals surface area contributed by atoms with Crippen molar-refractivity contribution < 1.29 is 0 Å². The molecule has 3 rings (SSSR count). The Morgan fingerprint density at radius 1 is 1.35 bits per heavy atom. The third-order valence-corrected chi connectivity index (χ3v) is 3.26. The lowest BCUT2D eigenvalue weighted by Crippen LogP contribution is -2.23. The fraction of sp³-hybridized carbons (Fsp3) is 0.182. The number of hydrogen-bond acceptors (Lipinski definition) is 4. The third kappa shape index (κ3) is 1.87. The fourth-order valence-corrected chi connectivity index (χ4v) is 2.38. The van der Waals surface area contributed by atoms with E-state index < -0.39 is 0 Å². The molecule has 0 spiro atoms. The minimum Gasteiger partial charge on any atom is -0.297 e. The fourth-order valence-electron chi connectivity index (χ4n) is 1.66. The normalized spacial score (nSPS) is 11.1. The summed E-state index contributed by atoms with van der Waals surface area (Å²) in [5.74, 6) is 0. The summed E-state index contributed by atoms with van der Waals surface area (Å²) in [7, 11) is 0. The van der Waals surface area contributed by atoms with Crippen LogP contribution in [0.25, 0.3) is 4.96 Å². The average molecular weight is 246 g/mol. The molecule has 0 bridgehead atoms. The molecule has 0 aliphatic carbocycles. The highest BCUT2D eigenvalue weighted by atomic mass is 32.1. The maximum atomic E-state index is 11.6. The van der Waals surface area contributed by atoms with Gasteiger partial charge in [0.15, 0.2) is 4.96 Å². The summed E-state index contributed by atoms with van der Waals surface area (Å²) in [6.07, 6.45) is 5.63. The van der Waals surface area contributed by atoms with E-state index in [9.17, 15) is 4.79 Å². The number of nitrogens with zero attached hydrogens (tertiary/aromatic N) is 4. The van der Waals surface area contributed by atoms with Crippen molar-refractivity contribution in [2.45, 2.75) is 13.5 Å². The number of imidazole rings is 1. The van der Waals surface area contributed by atoms with Crippen molar-refractivity contribution in [1.82, 2.24) is 18.9 Å². The number of hydrogen-bond donors (Lipinski definition) is 0. The van der Waals surface area contributed by atoms with Gasteiger partial charge in [0, 0.05) is 29.7 Å². The quantitative estimate of drug-likeness (QED) is 0.685. The molecule has 0 aromatic carbocycles. The van der Waals surface area contributed by atoms with Gasteiger partial charge < -0.3 is 0 Å². The Morgan fingerprint density at radius 3 is 3.00 bits per heavy atom. The molecule has 0 amide bonds. The first-order valence-electron chi connectivity index (χ1n) is 5.17. The van der Waals surface area contributed by atoms with Gasteiger partial charge in [0.1, 0.15) is 0 Å². The molecular weight excluding hydrogens is 236 g/mol. The molecule has 0 fully saturated rings. The molecule has 0 atom stereocenters. The lowest BCUT2D eigenvalue weighted by Gasteiger charge is -2.01. The van der Waals surface area contributed by atoms with Crippen LogP contribution in [0, 0.1) is 6.92 Å². The zero-order valence-electron chi connectivity index (χ0n) is 9.20. The third-order valence-electron chi connectivity index (χ3n) is 2.49. The lowest BCUT2D eigenvalue weighted by molar-refractivity contribution is 0.709. The highest BCUT2D eigenvalue weighted by molar-refractivity contribution is 7.15. The van der Waals surface area contributed by atoms with Crippen LogP contribution in [-0.4, -0.2) is 18.9 Å². The summed E-state index contributed by atoms with van der Waals surface area (Å²) in [5.41, 5.74) is 1.36. The van der Waals surface area contributed by atoms with Crippen molar-refractivity contribution in [3.8, 4) is 0 Å². The zero-order chi connectivity index (χ0) is 11.8. The molecule has 0 aliphatic heterocycles. The molecule has 3 aromatic rings. The predicted octanol–water partition coefficient (Wildman–Crippen LogP) is 1.31. The highest BCUT2D eigenvalue weighted by Crippen LogP contribution is 2.11. The molecule has 0 saturated carbocycles. The average Bonchev–Trinajstić information content (AvgIpc) is 2.82. The molecule has 17 heavy (non-hydrogen) atoms. The summed E-state index contributed by atoms with van der Waals surface area (Å²) in [5, 5.41) is 1.98. The smallest absolute Gasteiger partial charge is 0.297 e. The largest absolute Gasteiger partial charge is 0.348 e. The Kier molecular flexibility index (Phi) is 2.29. The van der Waals surface area contributed by atoms with E-state index in [2.05, 4.69) is 9.97 Å². The van der Waals surface area contributed by atoms with Crippen molar-refractivity contribution in [2.75, 3.05) is 0 Å². The van der Waals surface area contributed by atoms with E-state index >= 15 is 0 Å². The summed E-state index contributed by atoms with van der Waals surface area (Å²) >= 11 is 1.57. The Morgan fingerprint density at radius 2 is 2.24 bits per heavy atom. The van der Waals surface area contributed by atoms with Gasteiger partial charge >= 0.3 is 5.69 Å². The van der Waals surface area contributed by atoms with Crippen LogP contribution in [0.2, 0.25) is 0 Å². The van der Waals surface area contributed by atoms with Crippen molar-refractivity contribution in [2.24, 2.45) is 0 Å². The van der Waals surface area contributed by atoms with Gasteiger partial charge in [0.05, 0.1) is 12.2 Å². The van der Waals surface area contributed by atoms with Crippen LogP contribution in [0.4, 0.5) is 0 Å². The minimum atomic E-state index is -0.235. The van der Waals surface area contributed by atoms with Crippen molar-refractivity contribution in [3.63, 3.8) is 0 Å². The van der Waals surface area contributed by atoms with Crippen LogP contribution < -0.4 is 5.69 Å². The van der Waals surface area contributed by atoms with Crippen molar-refractivity contribution in [3.05, 3.63) is 51.9 Å². The molecule has 0 saturated heterocycles. The van der Waals surface area contributed by atoms with Crippen LogP contribution in [0.1, 0.15) is 11.4 Å². The molecule has 86 valence electrons. The predicted molar refractivity (Wildman–Crippen MR) is 65.4 cm³/mol. The molecule has 0 radical (unpaired) electrons. The standard InChI is InChI=1S/C11H10N4OS/c1-8-2-3-14(10(16)12-8)6-9-7-15-4-5-17-11(15)13-9/h2-5,7H,6H2,1H3. The summed E-state index contributed by atoms with van der Waals surface area (Å²) in [6.45, 7) is 2.26. The van der Waals surface area contributed by atoms with Crippen LogP contribution in [0.3, 0.4) is 0 Å². The van der Waals surface area contributed by atoms with E-state index in [1.54, 1.807) is 29.0 Å². The van der Waals surface area contributed by atoms with E-state index in [1.165, 1.54) is 0 Å². The van der Waals surface area contributed by atoms with Gasteiger partial charge in [-0.15, -0.1) is 11.3 Å². The van der Waals surface area contributed by atoms with Gasteiger partial charge in [-0.05, 0) is 13.0 Å². The number of aryl methyl sites for hydroxylation is 1. The summed E-state index contributed by atoms with van der Waals surface area (Å²) < 4.78 is 3.51. The topological polar surface area (TPSA) is 52.2 Å². The maximum Gasteiger partial charge on any atom is 0.348 e. The van der Waals surface area contributed by atoms with E-state index in [1.807, 2.05) is 28.2 Å². The zero-order valence-corrected chi connectivity index (χ0v) is 10.0. The number of thiazole rings is 1. The van der Waals surface area contributed by atoms with Crippen LogP contribution >= 0.6 is 11.3 Å². The first kappa shape index (κ1) is 10.2. The molecule has 6 heteroatoms. The van der Waals surface area contributed by atoms with Crippen LogP contribution in [0.15, 0.2) is 34.8 Å². The van der Waals surface area contributed by atoms with Crippen LogP contribution in [-0.2, 0) is 6.54 Å². The molecule has 3 heterocycles. The van der Waals surface area contributed by atoms with Crippen LogP contribution in [0.5, 0.6) is 0 Å². The number of aromatic nitrogens is 4. The Bertz CT molecular complexity index is 696. The molecular formula is C11H10N4OS. The van der Waals surface area contributed by atoms with Gasteiger partial charge in [-0.2, -0.15) is 4.98 Å². The number of fused-ring (bicyclic) bond motifs is 1. The molecule has 0 aliphatic rings. The van der Waals surface area contributed by atoms with Gasteiger partial charge in [-0.25, -0.2) is 9.78 Å². The highest BCUT2D eigenvalue weighted by Gasteiger charge is 2.04. The van der Waals surface area contributed by atoms with E-state index in [4.69, 9.17) is 0 Å². The molecule has 3 aromatic heterocycles. The molecule has 5 nitrogen and oxygen atoms in total. The van der Waals surface area contributed by atoms with Gasteiger partial charge in [-0.3, -0.25) is 8.97 Å². The monoisotopic (exact) mass is 246 g/mol. The second-order valence-corrected chi connectivity index (χ2v) is 4.68. The van der Waals surface area contributed by atoms with Crippen molar-refractivity contribution in [1.29, 1.82) is 0 Å². The van der Waals surface area contributed by atoms with E-state index in [0.29, 0.717) is 6.54 Å². The first-order valence-corrected chi connectivity index (χ1v) is 6.05. The van der Waals surface area contributed by atoms with Gasteiger partial charge in [0.25, 0.3) is 0 Å². The Balaban J connectivity index is 1.96. The van der Waals surface area contributed by atoms with Gasteiger partial charge in [-0.1, -0.05) is 0 Å². The molecule has 0 unspecified atom stereocenters. The first-order chi connectivity index (χ1) is 8.22. The summed E-state index contributed by atoms with van der Waals surface area (Å²) in [4.78, 5) is 20.9. The molecule has 0 N–H and O–H groups in total. The van der Waals surface area contributed by atoms with Gasteiger partial charge in [0.2, 0.25) is 0 Å². The van der Waals surface area contributed by atoms with E-state index in [-0.39, 0.29) is 5.69 Å². The SMILES string of the molecule is Cc1ccn(Cc2cn3ccsc3n2)c(=O)n1. The number of rotatable bonds is 2. The van der Waals surface area contributed by atoms with Crippen molar-refractivity contribution >= 4 is 16.3 Å². The summed E-state index contributed by atoms with van der Waals surface area (Å²) in [6, 6.07) is 1.82. The Labute approximate surface area is 101 Å². The maximum absolute atomic E-state index is 11.6. The second kappa shape index (κ2) is 3.81.